The summed E-state index contributed by atoms with van der Waals surface area (Å²) in [5, 5.41) is 0. The van der Waals surface area contributed by atoms with E-state index in [2.05, 4.69) is 11.8 Å². The third kappa shape index (κ3) is 12.0. The van der Waals surface area contributed by atoms with Gasteiger partial charge in [0.1, 0.15) is 6.08 Å². The maximum Gasteiger partial charge on any atom is 0.141 e. The second-order valence-corrected chi connectivity index (χ2v) is 2.56. The van der Waals surface area contributed by atoms with Crippen LogP contribution in [0.15, 0.2) is 65.9 Å². The molecule has 0 amide bonds. The van der Waals surface area contributed by atoms with Crippen molar-refractivity contribution in [2.75, 3.05) is 0 Å². The molecule has 0 aromatic heterocycles. The van der Waals surface area contributed by atoms with Gasteiger partial charge < -0.3 is 34.0 Å². The molecule has 3 heteroatoms. The van der Waals surface area contributed by atoms with Gasteiger partial charge in [0.2, 0.25) is 0 Å². The van der Waals surface area contributed by atoms with Crippen LogP contribution in [-0.2, 0) is 0 Å². The molecule has 0 spiro atoms. The van der Waals surface area contributed by atoms with Gasteiger partial charge >= 0.3 is 0 Å². The molecule has 1 aromatic carbocycles. The average molecular weight is 461 g/mol. The minimum Gasteiger partial charge on any atom is -1.00 e. The Bertz CT molecular complexity index is 336. The zero-order valence-corrected chi connectivity index (χ0v) is 14.8. The number of halogens is 2. The summed E-state index contributed by atoms with van der Waals surface area (Å²) in [6.45, 7) is 5.19. The smallest absolute Gasteiger partial charge is 0.141 e. The topological polar surface area (TPSA) is 0 Å². The minimum atomic E-state index is 0. The Morgan fingerprint density at radius 1 is 1.12 bits per heavy atom. The fourth-order valence-corrected chi connectivity index (χ4v) is 0.853. The van der Waals surface area contributed by atoms with Gasteiger partial charge in [0, 0.05) is 36.6 Å². The van der Waals surface area contributed by atoms with Crippen molar-refractivity contribution < 1.29 is 34.0 Å². The summed E-state index contributed by atoms with van der Waals surface area (Å²) >= 11 is 0. The van der Waals surface area contributed by atoms with Crippen LogP contribution in [0.1, 0.15) is 0 Å². The second-order valence-electron chi connectivity index (χ2n) is 2.56. The van der Waals surface area contributed by atoms with Crippen molar-refractivity contribution in [2.24, 2.45) is 0 Å². The molecule has 1 aliphatic rings. The van der Waals surface area contributed by atoms with Gasteiger partial charge in [-0.05, 0) is 6.07 Å². The van der Waals surface area contributed by atoms with E-state index < -0.39 is 0 Å². The molecular weight excluding hydrogens is 450 g/mol. The maximum atomic E-state index is 5.19. The molecule has 88 valence electrons. The SMILES string of the molecule is [Br-].[Br-].[CH+]=CC1=C=C[CH-]C=C1.[Sb].[c]1ccccc1. The summed E-state index contributed by atoms with van der Waals surface area (Å²) < 4.78 is 0. The van der Waals surface area contributed by atoms with Crippen molar-refractivity contribution in [1.82, 2.24) is 0 Å². The minimum absolute atomic E-state index is 0. The predicted molar refractivity (Wildman–Crippen MR) is 64.9 cm³/mol. The number of rotatable bonds is 1. The van der Waals surface area contributed by atoms with Crippen LogP contribution in [0.25, 0.3) is 0 Å². The first-order chi connectivity index (χ1) is 6.93. The number of benzene rings is 1. The molecule has 0 bridgehead atoms. The molecule has 0 fully saturated rings. The first-order valence-electron chi connectivity index (χ1n) is 4.36. The molecule has 1 aromatic rings. The van der Waals surface area contributed by atoms with Crippen LogP contribution in [0.5, 0.6) is 0 Å². The van der Waals surface area contributed by atoms with Crippen LogP contribution in [0.4, 0.5) is 0 Å². The van der Waals surface area contributed by atoms with Crippen LogP contribution >= 0.6 is 0 Å². The van der Waals surface area contributed by atoms with Gasteiger partial charge in [0.25, 0.3) is 0 Å². The van der Waals surface area contributed by atoms with Gasteiger partial charge in [0.05, 0.1) is 0 Å². The van der Waals surface area contributed by atoms with Crippen molar-refractivity contribution in [3.05, 3.63) is 85.0 Å². The first-order valence-corrected chi connectivity index (χ1v) is 4.36. The summed E-state index contributed by atoms with van der Waals surface area (Å²) in [7, 11) is 0. The van der Waals surface area contributed by atoms with E-state index >= 15 is 0 Å². The molecule has 0 heterocycles. The number of allylic oxidation sites excluding steroid dienone is 4. The maximum absolute atomic E-state index is 5.19. The van der Waals surface area contributed by atoms with Crippen molar-refractivity contribution in [3.8, 4) is 0 Å². The van der Waals surface area contributed by atoms with Gasteiger partial charge in [-0.2, -0.15) is 18.2 Å². The fourth-order valence-electron chi connectivity index (χ4n) is 0.853. The van der Waals surface area contributed by atoms with Crippen LogP contribution in [0, 0.1) is 19.1 Å². The molecule has 1 aliphatic carbocycles. The molecule has 0 unspecified atom stereocenters. The molecular formula is C14H11Br2Sb-2. The Labute approximate surface area is 142 Å². The largest absolute Gasteiger partial charge is 1.00 e. The van der Waals surface area contributed by atoms with Crippen molar-refractivity contribution in [3.63, 3.8) is 0 Å². The third-order valence-electron chi connectivity index (χ3n) is 1.52. The second kappa shape index (κ2) is 15.8. The molecule has 0 N–H and O–H groups in total. The van der Waals surface area contributed by atoms with Crippen molar-refractivity contribution in [1.29, 1.82) is 0 Å². The number of hydrogen-bond donors (Lipinski definition) is 0. The summed E-state index contributed by atoms with van der Waals surface area (Å²) in [6, 6.07) is 12.5. The van der Waals surface area contributed by atoms with E-state index in [4.69, 9.17) is 6.58 Å². The van der Waals surface area contributed by atoms with Gasteiger partial charge in [-0.3, -0.25) is 0 Å². The summed E-state index contributed by atoms with van der Waals surface area (Å²) in [5.74, 6) is 0. The van der Waals surface area contributed by atoms with Crippen LogP contribution < -0.4 is 34.0 Å². The predicted octanol–water partition coefficient (Wildman–Crippen LogP) is -3.05. The summed E-state index contributed by atoms with van der Waals surface area (Å²) in [4.78, 5) is 0. The molecule has 0 nitrogen and oxygen atoms in total. The van der Waals surface area contributed by atoms with Gasteiger partial charge in [0.15, 0.2) is 0 Å². The Kier molecular flexibility index (Phi) is 20.4. The standard InChI is InChI=1S/C8H6.C6H5.2BrH.Sb/c1-2-8-6-4-3-5-7-8;1-2-4-6-5-3-1;;;/h1-6H;1-5H;2*1H;/p-2. The zero-order chi connectivity index (χ0) is 10.1. The van der Waals surface area contributed by atoms with E-state index in [9.17, 15) is 0 Å². The van der Waals surface area contributed by atoms with E-state index in [1.807, 2.05) is 55.0 Å². The van der Waals surface area contributed by atoms with E-state index in [1.54, 1.807) is 0 Å². The fraction of sp³-hybridized carbons (Fsp3) is 0. The molecule has 0 saturated carbocycles. The van der Waals surface area contributed by atoms with Gasteiger partial charge in [-0.15, -0.1) is 6.08 Å². The van der Waals surface area contributed by atoms with Gasteiger partial charge in [-0.1, -0.05) is 36.4 Å². The van der Waals surface area contributed by atoms with E-state index in [1.165, 1.54) is 6.08 Å². The third-order valence-corrected chi connectivity index (χ3v) is 1.52. The van der Waals surface area contributed by atoms with E-state index in [-0.39, 0.29) is 58.4 Å². The monoisotopic (exact) mass is 458 g/mol. The summed E-state index contributed by atoms with van der Waals surface area (Å²) in [6.07, 6.45) is 9.10. The van der Waals surface area contributed by atoms with E-state index in [0.717, 1.165) is 5.57 Å². The van der Waals surface area contributed by atoms with Crippen LogP contribution in [-0.4, -0.2) is 24.4 Å². The molecule has 17 heavy (non-hydrogen) atoms. The molecule has 2 rings (SSSR count). The Hall–Kier alpha value is -0.222. The molecule has 0 atom stereocenters. The molecule has 0 saturated heterocycles. The van der Waals surface area contributed by atoms with Crippen molar-refractivity contribution >= 4 is 24.4 Å². The van der Waals surface area contributed by atoms with Gasteiger partial charge in [-0.25, -0.2) is 0 Å². The summed E-state index contributed by atoms with van der Waals surface area (Å²) in [5.41, 5.74) is 3.88. The normalized spacial score (nSPS) is 9.71. The Morgan fingerprint density at radius 3 is 2.00 bits per heavy atom. The zero-order valence-electron chi connectivity index (χ0n) is 9.05. The molecule has 0 aliphatic heterocycles. The quantitative estimate of drug-likeness (QED) is 0.237. The van der Waals surface area contributed by atoms with E-state index in [0.29, 0.717) is 0 Å². The number of hydrogen-bond acceptors (Lipinski definition) is 0. The Balaban J connectivity index is -0.000000201. The first kappa shape index (κ1) is 22.0. The van der Waals surface area contributed by atoms with Crippen LogP contribution in [0.3, 0.4) is 0 Å². The van der Waals surface area contributed by atoms with Crippen LogP contribution in [0.2, 0.25) is 0 Å². The molecule has 4 radical (unpaired) electrons. The average Bonchev–Trinajstić information content (AvgIpc) is 2.33. The Morgan fingerprint density at radius 2 is 1.76 bits per heavy atom. The van der Waals surface area contributed by atoms with Crippen molar-refractivity contribution in [2.45, 2.75) is 0 Å².